The van der Waals surface area contributed by atoms with Gasteiger partial charge in [-0.2, -0.15) is 0 Å². The van der Waals surface area contributed by atoms with Crippen LogP contribution in [-0.2, 0) is 0 Å². The van der Waals surface area contributed by atoms with Crippen LogP contribution < -0.4 is 26.4 Å². The van der Waals surface area contributed by atoms with Gasteiger partial charge in [0.25, 0.3) is 0 Å². The van der Waals surface area contributed by atoms with Crippen LogP contribution in [0.4, 0.5) is 5.69 Å². The lowest BCUT2D eigenvalue weighted by Gasteiger charge is -2.24. The van der Waals surface area contributed by atoms with E-state index in [1.165, 1.54) is 7.11 Å². The van der Waals surface area contributed by atoms with Gasteiger partial charge in [0.2, 0.25) is 5.91 Å². The van der Waals surface area contributed by atoms with E-state index in [0.29, 0.717) is 27.9 Å². The minimum atomic E-state index is -0.513. The molecule has 0 spiro atoms. The number of ether oxygens (including phenoxy) is 1. The second kappa shape index (κ2) is 6.36. The molecule has 0 aromatic heterocycles. The van der Waals surface area contributed by atoms with Crippen molar-refractivity contribution in [3.8, 4) is 5.75 Å². The molecule has 8 heteroatoms. The first-order chi connectivity index (χ1) is 10.0. The Morgan fingerprint density at radius 3 is 2.90 bits per heavy atom. The number of carbonyl (C=O) groups excluding carboxylic acids is 1. The van der Waals surface area contributed by atoms with Crippen molar-refractivity contribution in [1.29, 1.82) is 0 Å². The third-order valence-corrected chi connectivity index (χ3v) is 3.17. The van der Waals surface area contributed by atoms with Crippen LogP contribution in [0.3, 0.4) is 0 Å². The number of benzene rings is 1. The Morgan fingerprint density at radius 1 is 1.52 bits per heavy atom. The lowest BCUT2D eigenvalue weighted by Crippen LogP contribution is -2.40. The van der Waals surface area contributed by atoms with Gasteiger partial charge in [0.05, 0.1) is 17.8 Å². The molecule has 5 N–H and O–H groups in total. The maximum absolute atomic E-state index is 11.2. The largest absolute Gasteiger partial charge is 0.495 e. The van der Waals surface area contributed by atoms with E-state index in [1.807, 2.05) is 0 Å². The number of hydrogen-bond donors (Lipinski definition) is 4. The number of carbonyl (C=O) groups is 1. The number of allylic oxidation sites excluding steroid dienone is 1. The van der Waals surface area contributed by atoms with Crippen molar-refractivity contribution in [2.75, 3.05) is 19.5 Å². The zero-order chi connectivity index (χ0) is 15.4. The number of nitrogens with two attached hydrogens (primary N) is 1. The van der Waals surface area contributed by atoms with Crippen LogP contribution in [0.2, 0.25) is 0 Å². The van der Waals surface area contributed by atoms with Gasteiger partial charge < -0.3 is 26.4 Å². The van der Waals surface area contributed by atoms with Crippen molar-refractivity contribution in [1.82, 2.24) is 10.6 Å². The summed E-state index contributed by atoms with van der Waals surface area (Å²) in [5.74, 6) is 0.646. The highest BCUT2D eigenvalue weighted by Gasteiger charge is 2.16. The second-order valence-electron chi connectivity index (χ2n) is 4.22. The van der Waals surface area contributed by atoms with Gasteiger partial charge in [0, 0.05) is 18.8 Å². The Labute approximate surface area is 127 Å². The molecule has 1 unspecified atom stereocenters. The van der Waals surface area contributed by atoms with E-state index in [1.54, 1.807) is 31.5 Å². The summed E-state index contributed by atoms with van der Waals surface area (Å²) in [6.45, 7) is 0. The number of rotatable bonds is 5. The first-order valence-electron chi connectivity index (χ1n) is 6.16. The van der Waals surface area contributed by atoms with Crippen LogP contribution in [0, 0.1) is 0 Å². The molecule has 0 saturated heterocycles. The molecule has 0 bridgehead atoms. The number of hydrogen-bond acceptors (Lipinski definition) is 6. The quantitative estimate of drug-likeness (QED) is 0.644. The summed E-state index contributed by atoms with van der Waals surface area (Å²) < 4.78 is 5.25. The molecule has 7 nitrogen and oxygen atoms in total. The fraction of sp³-hybridized carbons (Fsp3) is 0.231. The Hall–Kier alpha value is -2.41. The average Bonchev–Trinajstić information content (AvgIpc) is 2.49. The van der Waals surface area contributed by atoms with E-state index in [2.05, 4.69) is 20.9 Å². The van der Waals surface area contributed by atoms with Gasteiger partial charge in [0.1, 0.15) is 11.6 Å². The molecule has 1 aromatic rings. The van der Waals surface area contributed by atoms with E-state index in [4.69, 9.17) is 22.1 Å². The molecule has 1 aliphatic rings. The van der Waals surface area contributed by atoms with Gasteiger partial charge in [-0.1, -0.05) is 11.6 Å². The van der Waals surface area contributed by atoms with Gasteiger partial charge in [-0.3, -0.25) is 4.79 Å². The molecule has 0 aliphatic carbocycles. The van der Waals surface area contributed by atoms with Crippen molar-refractivity contribution in [3.63, 3.8) is 0 Å². The smallest absolute Gasteiger partial charge is 0.248 e. The van der Waals surface area contributed by atoms with Crippen molar-refractivity contribution >= 4 is 29.4 Å². The van der Waals surface area contributed by atoms with Gasteiger partial charge in [-0.25, -0.2) is 4.99 Å². The molecule has 1 aliphatic heterocycles. The van der Waals surface area contributed by atoms with Gasteiger partial charge in [-0.15, -0.1) is 0 Å². The molecule has 112 valence electrons. The summed E-state index contributed by atoms with van der Waals surface area (Å²) in [5, 5.41) is 9.63. The van der Waals surface area contributed by atoms with E-state index in [0.717, 1.165) is 0 Å². The standard InChI is InChI=1S/C13H16ClN5O2/c1-16-12-8(14)6-17-13(19-12)18-9-4-3-7(11(15)20)5-10(9)21-2/h3-6,13,16,18-19H,1-2H3,(H2,15,20). The lowest BCUT2D eigenvalue weighted by atomic mass is 10.2. The summed E-state index contributed by atoms with van der Waals surface area (Å²) in [4.78, 5) is 15.4. The number of aliphatic imine (C=N–C) groups is 1. The number of anilines is 1. The summed E-state index contributed by atoms with van der Waals surface area (Å²) in [6.07, 6.45) is 1.13. The summed E-state index contributed by atoms with van der Waals surface area (Å²) in [6, 6.07) is 4.88. The normalized spacial score (nSPS) is 17.2. The fourth-order valence-electron chi connectivity index (χ4n) is 1.82. The number of nitrogens with one attached hydrogen (secondary N) is 3. The van der Waals surface area contributed by atoms with Crippen LogP contribution in [0.25, 0.3) is 0 Å². The van der Waals surface area contributed by atoms with Crippen molar-refractivity contribution in [2.45, 2.75) is 6.29 Å². The first-order valence-corrected chi connectivity index (χ1v) is 6.54. The first kappa shape index (κ1) is 15.0. The van der Waals surface area contributed by atoms with E-state index >= 15 is 0 Å². The predicted octanol–water partition coefficient (Wildman–Crippen LogP) is 0.791. The van der Waals surface area contributed by atoms with Gasteiger partial charge in [-0.05, 0) is 18.2 Å². The number of amides is 1. The average molecular weight is 310 g/mol. The minimum Gasteiger partial charge on any atom is -0.495 e. The zero-order valence-electron chi connectivity index (χ0n) is 11.6. The number of halogens is 1. The van der Waals surface area contributed by atoms with Gasteiger partial charge in [0.15, 0.2) is 6.29 Å². The maximum atomic E-state index is 11.2. The van der Waals surface area contributed by atoms with Crippen molar-refractivity contribution < 1.29 is 9.53 Å². The molecule has 1 amide bonds. The summed E-state index contributed by atoms with van der Waals surface area (Å²) in [5.41, 5.74) is 6.29. The molecular weight excluding hydrogens is 294 g/mol. The topological polar surface area (TPSA) is 101 Å². The highest BCUT2D eigenvalue weighted by Crippen LogP contribution is 2.26. The van der Waals surface area contributed by atoms with E-state index < -0.39 is 12.2 Å². The van der Waals surface area contributed by atoms with E-state index in [9.17, 15) is 4.79 Å². The number of primary amides is 1. The Kier molecular flexibility index (Phi) is 4.54. The Balaban J connectivity index is 2.17. The molecular formula is C13H16ClN5O2. The van der Waals surface area contributed by atoms with Crippen LogP contribution in [-0.4, -0.2) is 32.6 Å². The third-order valence-electron chi connectivity index (χ3n) is 2.89. The number of methoxy groups -OCH3 is 1. The minimum absolute atomic E-state index is 0.372. The van der Waals surface area contributed by atoms with Crippen LogP contribution in [0.15, 0.2) is 34.0 Å². The van der Waals surface area contributed by atoms with Gasteiger partial charge >= 0.3 is 0 Å². The molecule has 0 fully saturated rings. The molecule has 0 radical (unpaired) electrons. The maximum Gasteiger partial charge on any atom is 0.248 e. The number of nitrogens with zero attached hydrogens (tertiary/aromatic N) is 1. The monoisotopic (exact) mass is 309 g/mol. The van der Waals surface area contributed by atoms with Crippen molar-refractivity contribution in [2.24, 2.45) is 10.7 Å². The SMILES string of the molecule is CNC1=C(Cl)C=NC(Nc2ccc(C(N)=O)cc2OC)N1. The molecule has 1 aromatic carbocycles. The Bertz CT molecular complexity index is 615. The molecule has 0 saturated carbocycles. The lowest BCUT2D eigenvalue weighted by molar-refractivity contribution is 0.1000. The highest BCUT2D eigenvalue weighted by molar-refractivity contribution is 6.39. The van der Waals surface area contributed by atoms with Crippen molar-refractivity contribution in [3.05, 3.63) is 34.6 Å². The second-order valence-corrected chi connectivity index (χ2v) is 4.63. The molecule has 1 atom stereocenters. The summed E-state index contributed by atoms with van der Waals surface area (Å²) >= 11 is 5.97. The third kappa shape index (κ3) is 3.38. The Morgan fingerprint density at radius 2 is 2.29 bits per heavy atom. The van der Waals surface area contributed by atoms with Crippen LogP contribution in [0.5, 0.6) is 5.75 Å². The predicted molar refractivity (Wildman–Crippen MR) is 82.5 cm³/mol. The molecule has 2 rings (SSSR count). The zero-order valence-corrected chi connectivity index (χ0v) is 12.4. The summed E-state index contributed by atoms with van der Waals surface area (Å²) in [7, 11) is 3.27. The molecule has 1 heterocycles. The highest BCUT2D eigenvalue weighted by atomic mass is 35.5. The fourth-order valence-corrected chi connectivity index (χ4v) is 2.03. The van der Waals surface area contributed by atoms with E-state index in [-0.39, 0.29) is 0 Å². The van der Waals surface area contributed by atoms with Crippen LogP contribution >= 0.6 is 11.6 Å². The van der Waals surface area contributed by atoms with Crippen LogP contribution in [0.1, 0.15) is 10.4 Å². The molecule has 21 heavy (non-hydrogen) atoms.